The lowest BCUT2D eigenvalue weighted by molar-refractivity contribution is -0.130. The molecule has 20 heavy (non-hydrogen) atoms. The van der Waals surface area contributed by atoms with Gasteiger partial charge in [-0.15, -0.1) is 11.3 Å². The van der Waals surface area contributed by atoms with Crippen molar-refractivity contribution in [1.82, 2.24) is 10.3 Å². The molecule has 1 aromatic carbocycles. The molecule has 5 heteroatoms. The molecule has 0 aliphatic heterocycles. The van der Waals surface area contributed by atoms with Crippen LogP contribution in [0.1, 0.15) is 31.2 Å². The van der Waals surface area contributed by atoms with Crippen LogP contribution in [0.25, 0.3) is 10.2 Å². The molecule has 0 bridgehead atoms. The second kappa shape index (κ2) is 5.14. The maximum Gasteiger partial charge on any atom is 0.227 e. The molecule has 1 heterocycles. The maximum absolute atomic E-state index is 12.4. The highest BCUT2D eigenvalue weighted by Crippen LogP contribution is 2.36. The van der Waals surface area contributed by atoms with Crippen molar-refractivity contribution in [3.8, 4) is 0 Å². The highest BCUT2D eigenvalue weighted by molar-refractivity contribution is 7.18. The fourth-order valence-electron chi connectivity index (χ4n) is 2.83. The van der Waals surface area contributed by atoms with E-state index in [2.05, 4.69) is 10.3 Å². The maximum atomic E-state index is 12.4. The summed E-state index contributed by atoms with van der Waals surface area (Å²) in [6.07, 6.45) is 2.84. The molecule has 4 nitrogen and oxygen atoms in total. The van der Waals surface area contributed by atoms with E-state index in [9.17, 15) is 4.79 Å². The van der Waals surface area contributed by atoms with Crippen molar-refractivity contribution in [2.45, 2.75) is 38.8 Å². The molecule has 2 aromatic rings. The van der Waals surface area contributed by atoms with Gasteiger partial charge >= 0.3 is 0 Å². The molecule has 1 saturated carbocycles. The Morgan fingerprint density at radius 3 is 3.05 bits per heavy atom. The molecule has 1 aliphatic rings. The van der Waals surface area contributed by atoms with Crippen molar-refractivity contribution >= 4 is 27.5 Å². The van der Waals surface area contributed by atoms with Crippen molar-refractivity contribution in [2.75, 3.05) is 0 Å². The lowest BCUT2D eigenvalue weighted by Crippen LogP contribution is -2.47. The van der Waals surface area contributed by atoms with Gasteiger partial charge in [0.05, 0.1) is 22.2 Å². The third kappa shape index (κ3) is 2.31. The third-order valence-corrected chi connectivity index (χ3v) is 5.32. The molecule has 1 amide bonds. The van der Waals surface area contributed by atoms with Crippen LogP contribution >= 0.6 is 11.3 Å². The van der Waals surface area contributed by atoms with Gasteiger partial charge in [0.2, 0.25) is 5.91 Å². The van der Waals surface area contributed by atoms with Crippen molar-refractivity contribution in [2.24, 2.45) is 11.1 Å². The van der Waals surface area contributed by atoms with Crippen LogP contribution in [-0.2, 0) is 11.3 Å². The number of amides is 1. The second-order valence-corrected chi connectivity index (χ2v) is 6.79. The Morgan fingerprint density at radius 2 is 2.35 bits per heavy atom. The summed E-state index contributed by atoms with van der Waals surface area (Å²) in [5.41, 5.74) is 6.64. The monoisotopic (exact) mass is 289 g/mol. The topological polar surface area (TPSA) is 68.0 Å². The number of carbonyl (C=O) groups excluding carboxylic acids is 1. The first kappa shape index (κ1) is 13.5. The number of thiazole rings is 1. The van der Waals surface area contributed by atoms with E-state index in [1.807, 2.05) is 31.2 Å². The number of hydrogen-bond acceptors (Lipinski definition) is 4. The minimum atomic E-state index is -0.420. The van der Waals surface area contributed by atoms with Gasteiger partial charge in [0.25, 0.3) is 0 Å². The summed E-state index contributed by atoms with van der Waals surface area (Å²) in [4.78, 5) is 16.9. The zero-order chi connectivity index (χ0) is 14.2. The zero-order valence-corrected chi connectivity index (χ0v) is 12.4. The van der Waals surface area contributed by atoms with Crippen LogP contribution in [0, 0.1) is 5.41 Å². The minimum Gasteiger partial charge on any atom is -0.349 e. The van der Waals surface area contributed by atoms with Crippen LogP contribution in [0.3, 0.4) is 0 Å². The lowest BCUT2D eigenvalue weighted by Gasteiger charge is -2.27. The van der Waals surface area contributed by atoms with Crippen LogP contribution < -0.4 is 11.1 Å². The molecule has 3 N–H and O–H groups in total. The number of aromatic nitrogens is 1. The van der Waals surface area contributed by atoms with Gasteiger partial charge in [0.1, 0.15) is 5.01 Å². The first-order valence-corrected chi connectivity index (χ1v) is 7.79. The Balaban J connectivity index is 1.68. The fourth-order valence-corrected chi connectivity index (χ4v) is 3.74. The van der Waals surface area contributed by atoms with Crippen LogP contribution in [0.15, 0.2) is 24.3 Å². The highest BCUT2D eigenvalue weighted by atomic mass is 32.1. The molecule has 106 valence electrons. The number of nitrogens with one attached hydrogen (secondary N) is 1. The van der Waals surface area contributed by atoms with Crippen molar-refractivity contribution in [3.05, 3.63) is 29.3 Å². The summed E-state index contributed by atoms with van der Waals surface area (Å²) < 4.78 is 1.15. The normalized spacial score (nSPS) is 26.0. The van der Waals surface area contributed by atoms with Crippen LogP contribution in [0.5, 0.6) is 0 Å². The van der Waals surface area contributed by atoms with Gasteiger partial charge < -0.3 is 11.1 Å². The van der Waals surface area contributed by atoms with E-state index in [-0.39, 0.29) is 11.9 Å². The molecular weight excluding hydrogens is 270 g/mol. The standard InChI is InChI=1S/C15H19N3OS/c1-15(8-4-7-12(15)16)14(19)17-9-13-18-10-5-2-3-6-11(10)20-13/h2-3,5-6,12H,4,7-9,16H2,1H3,(H,17,19). The molecular formula is C15H19N3OS. The Bertz CT molecular complexity index is 606. The van der Waals surface area contributed by atoms with Crippen LogP contribution in [0.2, 0.25) is 0 Å². The highest BCUT2D eigenvalue weighted by Gasteiger charge is 2.42. The summed E-state index contributed by atoms with van der Waals surface area (Å²) in [7, 11) is 0. The minimum absolute atomic E-state index is 0.0298. The SMILES string of the molecule is CC1(C(=O)NCc2nc3ccccc3s2)CCCC1N. The van der Waals surface area contributed by atoms with E-state index in [1.165, 1.54) is 0 Å². The van der Waals surface area contributed by atoms with Gasteiger partial charge in [-0.25, -0.2) is 4.98 Å². The largest absolute Gasteiger partial charge is 0.349 e. The first-order valence-electron chi connectivity index (χ1n) is 6.98. The average Bonchev–Trinajstić information content (AvgIpc) is 3.00. The van der Waals surface area contributed by atoms with E-state index in [4.69, 9.17) is 5.73 Å². The van der Waals surface area contributed by atoms with Gasteiger partial charge in [-0.3, -0.25) is 4.79 Å². The number of carbonyl (C=O) groups is 1. The molecule has 2 unspecified atom stereocenters. The summed E-state index contributed by atoms with van der Waals surface area (Å²) in [6, 6.07) is 7.99. The van der Waals surface area contributed by atoms with Gasteiger partial charge in [0, 0.05) is 6.04 Å². The van der Waals surface area contributed by atoms with Gasteiger partial charge in [-0.2, -0.15) is 0 Å². The predicted molar refractivity (Wildman–Crippen MR) is 81.4 cm³/mol. The number of fused-ring (bicyclic) bond motifs is 1. The molecule has 0 spiro atoms. The smallest absolute Gasteiger partial charge is 0.227 e. The van der Waals surface area contributed by atoms with Crippen LogP contribution in [-0.4, -0.2) is 16.9 Å². The zero-order valence-electron chi connectivity index (χ0n) is 11.6. The second-order valence-electron chi connectivity index (χ2n) is 5.67. The number of hydrogen-bond donors (Lipinski definition) is 2. The van der Waals surface area contributed by atoms with E-state index in [0.717, 1.165) is 34.5 Å². The summed E-state index contributed by atoms with van der Waals surface area (Å²) in [5, 5.41) is 3.94. The van der Waals surface area contributed by atoms with Gasteiger partial charge in [-0.05, 0) is 31.9 Å². The fraction of sp³-hybridized carbons (Fsp3) is 0.467. The summed E-state index contributed by atoms with van der Waals surface area (Å²) in [6.45, 7) is 2.46. The van der Waals surface area contributed by atoms with Crippen molar-refractivity contribution < 1.29 is 4.79 Å². The van der Waals surface area contributed by atoms with Crippen molar-refractivity contribution in [1.29, 1.82) is 0 Å². The number of nitrogens with two attached hydrogens (primary N) is 1. The number of nitrogens with zero attached hydrogens (tertiary/aromatic N) is 1. The summed E-state index contributed by atoms with van der Waals surface area (Å²) in [5.74, 6) is 0.0572. The van der Waals surface area contributed by atoms with Crippen LogP contribution in [0.4, 0.5) is 0 Å². The Morgan fingerprint density at radius 1 is 1.55 bits per heavy atom. The third-order valence-electron chi connectivity index (χ3n) is 4.29. The molecule has 3 rings (SSSR count). The van der Waals surface area contributed by atoms with Crippen molar-refractivity contribution in [3.63, 3.8) is 0 Å². The Kier molecular flexibility index (Phi) is 3.48. The van der Waals surface area contributed by atoms with Gasteiger partial charge in [-0.1, -0.05) is 18.6 Å². The lowest BCUT2D eigenvalue weighted by atomic mass is 9.84. The van der Waals surface area contributed by atoms with E-state index in [1.54, 1.807) is 11.3 Å². The molecule has 0 radical (unpaired) electrons. The summed E-state index contributed by atoms with van der Waals surface area (Å²) >= 11 is 1.62. The molecule has 1 fully saturated rings. The van der Waals surface area contributed by atoms with Gasteiger partial charge in [0.15, 0.2) is 0 Å². The quantitative estimate of drug-likeness (QED) is 0.912. The molecule has 1 aromatic heterocycles. The molecule has 0 saturated heterocycles. The predicted octanol–water partition coefficient (Wildman–Crippen LogP) is 2.43. The Hall–Kier alpha value is -1.46. The van der Waals surface area contributed by atoms with E-state index < -0.39 is 5.41 Å². The van der Waals surface area contributed by atoms with E-state index in [0.29, 0.717) is 6.54 Å². The number of benzene rings is 1. The molecule has 1 aliphatic carbocycles. The molecule has 2 atom stereocenters. The Labute approximate surface area is 122 Å². The number of para-hydroxylation sites is 1. The van der Waals surface area contributed by atoms with E-state index >= 15 is 0 Å². The number of rotatable bonds is 3. The average molecular weight is 289 g/mol. The first-order chi connectivity index (χ1) is 9.59.